The van der Waals surface area contributed by atoms with Gasteiger partial charge in [0.1, 0.15) is 73.8 Å². The first-order chi connectivity index (χ1) is 26.2. The number of methoxy groups -OCH3 is 1. The molecular formula is C35H46O20. The third-order valence-corrected chi connectivity index (χ3v) is 9.22. The Bertz CT molecular complexity index is 1590. The molecule has 0 aliphatic carbocycles. The van der Waals surface area contributed by atoms with E-state index in [9.17, 15) is 61.0 Å². The minimum atomic E-state index is -1.96. The lowest BCUT2D eigenvalue weighted by Gasteiger charge is -2.48. The number of hydrogen-bond donors (Lipinski definition) is 11. The summed E-state index contributed by atoms with van der Waals surface area (Å²) in [7, 11) is 1.35. The van der Waals surface area contributed by atoms with E-state index in [1.807, 2.05) is 0 Å². The molecule has 0 amide bonds. The highest BCUT2D eigenvalue weighted by atomic mass is 16.8. The van der Waals surface area contributed by atoms with Crippen molar-refractivity contribution in [1.82, 2.24) is 0 Å². The second-order valence-electron chi connectivity index (χ2n) is 13.0. The minimum absolute atomic E-state index is 0.0984. The van der Waals surface area contributed by atoms with Crippen LogP contribution in [0.5, 0.6) is 23.0 Å². The number of carbonyl (C=O) groups is 1. The van der Waals surface area contributed by atoms with Gasteiger partial charge in [0.15, 0.2) is 41.9 Å². The summed E-state index contributed by atoms with van der Waals surface area (Å²) < 4.78 is 45.2. The lowest BCUT2D eigenvalue weighted by Crippen LogP contribution is -2.66. The van der Waals surface area contributed by atoms with E-state index in [-0.39, 0.29) is 30.3 Å². The van der Waals surface area contributed by atoms with Gasteiger partial charge in [-0.1, -0.05) is 12.1 Å². The van der Waals surface area contributed by atoms with Crippen molar-refractivity contribution >= 4 is 12.0 Å². The van der Waals surface area contributed by atoms with Gasteiger partial charge in [-0.3, -0.25) is 0 Å². The summed E-state index contributed by atoms with van der Waals surface area (Å²) in [5, 5.41) is 113. The summed E-state index contributed by atoms with van der Waals surface area (Å²) in [4.78, 5) is 12.8. The minimum Gasteiger partial charge on any atom is -0.504 e. The molecule has 11 N–H and O–H groups in total. The van der Waals surface area contributed by atoms with Gasteiger partial charge in [0, 0.05) is 6.08 Å². The number of carbonyl (C=O) groups excluding carboxylic acids is 1. The van der Waals surface area contributed by atoms with E-state index in [4.69, 9.17) is 37.9 Å². The summed E-state index contributed by atoms with van der Waals surface area (Å²) >= 11 is 0. The number of ether oxygens (including phenoxy) is 8. The Kier molecular flexibility index (Phi) is 14.6. The van der Waals surface area contributed by atoms with Crippen LogP contribution in [0.2, 0.25) is 0 Å². The average Bonchev–Trinajstić information content (AvgIpc) is 3.17. The zero-order chi connectivity index (χ0) is 40.0. The standard InChI is InChI=1S/C35H46O20/c1-48-21-11-15(3-6-18(21)38)4-7-24(41)50-14-23-27(44)31(54-34-30(47)28(45)26(43)22(12-36)52-34)32(55-33-29(46)25(42)20(40)13-51-33)35(53-23)49-9-8-16-2-5-17(37)19(39)10-16/h2-7,10-11,20,22-23,25-40,42-47H,8-9,12-14H2,1H3/b7-4+/t20-,22-,23-,25-,26-,27-,28+,29+,30-,31+,32-,33-,34+,35-/m1/s1. The van der Waals surface area contributed by atoms with Crippen LogP contribution in [0, 0.1) is 0 Å². The molecule has 0 saturated carbocycles. The molecule has 20 nitrogen and oxygen atoms in total. The van der Waals surface area contributed by atoms with Crippen LogP contribution in [-0.4, -0.2) is 182 Å². The summed E-state index contributed by atoms with van der Waals surface area (Å²) in [5.41, 5.74) is 0.970. The van der Waals surface area contributed by atoms with E-state index < -0.39 is 118 Å². The Hall–Kier alpha value is -3.71. The molecule has 3 aliphatic heterocycles. The molecule has 0 bridgehead atoms. The van der Waals surface area contributed by atoms with Gasteiger partial charge in [0.05, 0.1) is 26.9 Å². The smallest absolute Gasteiger partial charge is 0.330 e. The average molecular weight is 787 g/mol. The first kappa shape index (κ1) is 42.4. The highest BCUT2D eigenvalue weighted by Crippen LogP contribution is 2.34. The van der Waals surface area contributed by atoms with Crippen molar-refractivity contribution in [2.75, 3.05) is 33.5 Å². The molecule has 2 aromatic rings. The number of hydrogen-bond acceptors (Lipinski definition) is 20. The number of esters is 1. The van der Waals surface area contributed by atoms with Gasteiger partial charge in [-0.2, -0.15) is 0 Å². The van der Waals surface area contributed by atoms with Crippen LogP contribution >= 0.6 is 0 Å². The number of benzene rings is 2. The monoisotopic (exact) mass is 786 g/mol. The van der Waals surface area contributed by atoms with Crippen molar-refractivity contribution in [1.29, 1.82) is 0 Å². The van der Waals surface area contributed by atoms with Gasteiger partial charge in [-0.05, 0) is 47.9 Å². The van der Waals surface area contributed by atoms with Crippen LogP contribution in [0.25, 0.3) is 6.08 Å². The molecular weight excluding hydrogens is 740 g/mol. The highest BCUT2D eigenvalue weighted by Gasteiger charge is 2.54. The summed E-state index contributed by atoms with van der Waals surface area (Å²) in [5.74, 6) is -1.62. The zero-order valence-electron chi connectivity index (χ0n) is 29.3. The van der Waals surface area contributed by atoms with E-state index in [0.717, 1.165) is 6.08 Å². The largest absolute Gasteiger partial charge is 0.504 e. The van der Waals surface area contributed by atoms with Gasteiger partial charge >= 0.3 is 5.97 Å². The van der Waals surface area contributed by atoms with Gasteiger partial charge in [0.2, 0.25) is 0 Å². The quantitative estimate of drug-likeness (QED) is 0.0508. The predicted molar refractivity (Wildman–Crippen MR) is 180 cm³/mol. The van der Waals surface area contributed by atoms with Gasteiger partial charge in [-0.15, -0.1) is 0 Å². The fraction of sp³-hybridized carbons (Fsp3) is 0.571. The molecule has 55 heavy (non-hydrogen) atoms. The second kappa shape index (κ2) is 19.0. The van der Waals surface area contributed by atoms with Crippen molar-refractivity contribution in [3.05, 3.63) is 53.6 Å². The van der Waals surface area contributed by atoms with Crippen molar-refractivity contribution < 1.29 is 98.9 Å². The van der Waals surface area contributed by atoms with Crippen LogP contribution in [-0.2, 0) is 44.4 Å². The maximum Gasteiger partial charge on any atom is 0.330 e. The van der Waals surface area contributed by atoms with E-state index in [2.05, 4.69) is 0 Å². The number of rotatable bonds is 14. The van der Waals surface area contributed by atoms with E-state index in [1.165, 1.54) is 49.6 Å². The lowest BCUT2D eigenvalue weighted by atomic mass is 9.96. The van der Waals surface area contributed by atoms with E-state index in [1.54, 1.807) is 0 Å². The normalized spacial score (nSPS) is 35.4. The molecule has 0 aromatic heterocycles. The van der Waals surface area contributed by atoms with Crippen LogP contribution in [0.4, 0.5) is 0 Å². The van der Waals surface area contributed by atoms with E-state index in [0.29, 0.717) is 11.1 Å². The molecule has 306 valence electrons. The van der Waals surface area contributed by atoms with Crippen molar-refractivity contribution in [3.63, 3.8) is 0 Å². The topological polar surface area (TPSA) is 313 Å². The van der Waals surface area contributed by atoms with Crippen LogP contribution in [0.1, 0.15) is 11.1 Å². The Morgan fingerprint density at radius 1 is 0.764 bits per heavy atom. The predicted octanol–water partition coefficient (Wildman–Crippen LogP) is -3.28. The molecule has 5 rings (SSSR count). The molecule has 3 saturated heterocycles. The third kappa shape index (κ3) is 10.2. The van der Waals surface area contributed by atoms with Crippen molar-refractivity contribution in [2.24, 2.45) is 0 Å². The van der Waals surface area contributed by atoms with Crippen molar-refractivity contribution in [3.8, 4) is 23.0 Å². The molecule has 14 atom stereocenters. The Morgan fingerprint density at radius 3 is 2.16 bits per heavy atom. The molecule has 3 fully saturated rings. The molecule has 20 heteroatoms. The number of phenols is 3. The fourth-order valence-electron chi connectivity index (χ4n) is 6.04. The molecule has 3 aliphatic rings. The maximum atomic E-state index is 12.8. The van der Waals surface area contributed by atoms with E-state index >= 15 is 0 Å². The van der Waals surface area contributed by atoms with Gasteiger partial charge in [-0.25, -0.2) is 4.79 Å². The molecule has 3 heterocycles. The summed E-state index contributed by atoms with van der Waals surface area (Å²) in [6.07, 6.45) is -21.5. The third-order valence-electron chi connectivity index (χ3n) is 9.22. The Morgan fingerprint density at radius 2 is 1.45 bits per heavy atom. The first-order valence-electron chi connectivity index (χ1n) is 17.2. The zero-order valence-corrected chi connectivity index (χ0v) is 29.3. The molecule has 2 aromatic carbocycles. The summed E-state index contributed by atoms with van der Waals surface area (Å²) in [6.45, 7) is -2.15. The highest BCUT2D eigenvalue weighted by molar-refractivity contribution is 5.87. The number of aliphatic hydroxyl groups excluding tert-OH is 8. The molecule has 0 radical (unpaired) electrons. The number of phenolic OH excluding ortho intramolecular Hbond substituents is 3. The lowest BCUT2D eigenvalue weighted by molar-refractivity contribution is -0.386. The maximum absolute atomic E-state index is 12.8. The number of aliphatic hydroxyl groups is 8. The first-order valence-corrected chi connectivity index (χ1v) is 17.2. The van der Waals surface area contributed by atoms with Gasteiger partial charge in [0.25, 0.3) is 0 Å². The molecule has 0 unspecified atom stereocenters. The second-order valence-corrected chi connectivity index (χ2v) is 13.0. The Balaban J connectivity index is 1.41. The summed E-state index contributed by atoms with van der Waals surface area (Å²) in [6, 6.07) is 8.37. The van der Waals surface area contributed by atoms with Crippen LogP contribution < -0.4 is 4.74 Å². The fourth-order valence-corrected chi connectivity index (χ4v) is 6.04. The number of aromatic hydroxyl groups is 3. The van der Waals surface area contributed by atoms with Crippen LogP contribution in [0.3, 0.4) is 0 Å². The van der Waals surface area contributed by atoms with Crippen molar-refractivity contribution in [2.45, 2.75) is 92.4 Å². The SMILES string of the molecule is COc1cc(/C=C/C(=O)OC[C@H]2O[C@@H](OCCc3ccc(O)c(O)c3)[C@H](O[C@H]3OC[C@@H](O)[C@@H](O)[C@@H]3O)[C@@H](O[C@@H]3O[C@H](CO)[C@@H](O)[C@H](O)[C@H]3O)[C@@H]2O)ccc1O. The Labute approximate surface area is 313 Å². The molecule has 0 spiro atoms. The van der Waals surface area contributed by atoms with Gasteiger partial charge < -0.3 is 94.1 Å². The van der Waals surface area contributed by atoms with Crippen LogP contribution in [0.15, 0.2) is 42.5 Å².